The molecule has 0 aromatic heterocycles. The molecule has 0 aliphatic rings. The van der Waals surface area contributed by atoms with E-state index in [0.29, 0.717) is 0 Å². The summed E-state index contributed by atoms with van der Waals surface area (Å²) in [6.07, 6.45) is -10.3. The minimum absolute atomic E-state index is 0.243. The molecule has 0 aliphatic carbocycles. The maximum absolute atomic E-state index is 12.1. The Morgan fingerprint density at radius 3 is 1.43 bits per heavy atom. The largest absolute Gasteiger partial charge is 0.471 e. The minimum Gasteiger partial charge on any atom is -0.318 e. The third kappa shape index (κ3) is 4.97. The lowest BCUT2D eigenvalue weighted by Crippen LogP contribution is -2.31. The van der Waals surface area contributed by atoms with E-state index in [9.17, 15) is 35.9 Å². The van der Waals surface area contributed by atoms with Crippen molar-refractivity contribution in [2.24, 2.45) is 0 Å². The van der Waals surface area contributed by atoms with Crippen LogP contribution < -0.4 is 10.6 Å². The van der Waals surface area contributed by atoms with Gasteiger partial charge in [-0.1, -0.05) is 0 Å². The molecular weight excluding hydrogens is 306 g/mol. The maximum Gasteiger partial charge on any atom is 0.471 e. The Labute approximate surface area is 114 Å². The number of aryl methyl sites for hydroxylation is 1. The predicted molar refractivity (Wildman–Crippen MR) is 60.5 cm³/mol. The van der Waals surface area contributed by atoms with Gasteiger partial charge in [-0.15, -0.1) is 0 Å². The topological polar surface area (TPSA) is 58.2 Å². The van der Waals surface area contributed by atoms with Crippen LogP contribution in [0.4, 0.5) is 37.7 Å². The fourth-order valence-electron chi connectivity index (χ4n) is 1.33. The monoisotopic (exact) mass is 314 g/mol. The van der Waals surface area contributed by atoms with Gasteiger partial charge in [0.15, 0.2) is 0 Å². The van der Waals surface area contributed by atoms with E-state index in [1.54, 1.807) is 0 Å². The molecule has 0 atom stereocenters. The minimum atomic E-state index is -5.14. The van der Waals surface area contributed by atoms with Gasteiger partial charge in [0.1, 0.15) is 0 Å². The highest BCUT2D eigenvalue weighted by Gasteiger charge is 2.39. The lowest BCUT2D eigenvalue weighted by atomic mass is 10.2. The number of hydrogen-bond acceptors (Lipinski definition) is 2. The van der Waals surface area contributed by atoms with Crippen LogP contribution in [0.1, 0.15) is 5.56 Å². The maximum atomic E-state index is 12.1. The normalized spacial score (nSPS) is 12.0. The molecule has 0 fully saturated rings. The number of carbonyl (C=O) groups excluding carboxylic acids is 2. The molecule has 0 saturated carbocycles. The highest BCUT2D eigenvalue weighted by Crippen LogP contribution is 2.24. The number of benzene rings is 1. The van der Waals surface area contributed by atoms with Gasteiger partial charge in [-0.2, -0.15) is 26.3 Å². The molecule has 0 aliphatic heterocycles. The summed E-state index contributed by atoms with van der Waals surface area (Å²) < 4.78 is 72.4. The van der Waals surface area contributed by atoms with Crippen molar-refractivity contribution in [3.05, 3.63) is 23.8 Å². The third-order valence-electron chi connectivity index (χ3n) is 2.11. The van der Waals surface area contributed by atoms with Crippen LogP contribution in [-0.2, 0) is 9.59 Å². The zero-order valence-corrected chi connectivity index (χ0v) is 10.3. The molecule has 0 radical (unpaired) electrons. The first-order valence-corrected chi connectivity index (χ1v) is 5.27. The molecule has 1 aromatic carbocycles. The zero-order valence-electron chi connectivity index (χ0n) is 10.3. The van der Waals surface area contributed by atoms with Crippen molar-refractivity contribution >= 4 is 23.2 Å². The standard InChI is InChI=1S/C11H8F6N2O2/c1-5-2-6(18-8(20)10(12,13)14)4-7(3-5)19-9(21)11(15,16)17/h2-4H,1H3,(H,18,20)(H,19,21). The molecule has 0 spiro atoms. The van der Waals surface area contributed by atoms with E-state index in [-0.39, 0.29) is 5.56 Å². The zero-order chi connectivity index (χ0) is 16.4. The van der Waals surface area contributed by atoms with Crippen LogP contribution in [0.5, 0.6) is 0 Å². The Hall–Kier alpha value is -2.26. The quantitative estimate of drug-likeness (QED) is 0.825. The molecule has 0 bridgehead atoms. The van der Waals surface area contributed by atoms with E-state index in [2.05, 4.69) is 0 Å². The average molecular weight is 314 g/mol. The van der Waals surface area contributed by atoms with Crippen molar-refractivity contribution in [1.29, 1.82) is 0 Å². The van der Waals surface area contributed by atoms with E-state index in [1.807, 2.05) is 0 Å². The third-order valence-corrected chi connectivity index (χ3v) is 2.11. The van der Waals surface area contributed by atoms with Gasteiger partial charge in [-0.25, -0.2) is 0 Å². The fraction of sp³-hybridized carbons (Fsp3) is 0.273. The lowest BCUT2D eigenvalue weighted by molar-refractivity contribution is -0.167. The van der Waals surface area contributed by atoms with E-state index < -0.39 is 35.5 Å². The Bertz CT molecular complexity index is 519. The highest BCUT2D eigenvalue weighted by atomic mass is 19.4. The van der Waals surface area contributed by atoms with Gasteiger partial charge in [0.2, 0.25) is 0 Å². The van der Waals surface area contributed by atoms with E-state index in [4.69, 9.17) is 0 Å². The summed E-state index contributed by atoms with van der Waals surface area (Å²) in [5.41, 5.74) is -0.544. The Balaban J connectivity index is 2.96. The summed E-state index contributed by atoms with van der Waals surface area (Å²) in [4.78, 5) is 21.5. The SMILES string of the molecule is Cc1cc(NC(=O)C(F)(F)F)cc(NC(=O)C(F)(F)F)c1. The molecule has 1 aromatic rings. The number of anilines is 2. The lowest BCUT2D eigenvalue weighted by Gasteiger charge is -2.12. The molecule has 2 N–H and O–H groups in total. The summed E-state index contributed by atoms with van der Waals surface area (Å²) in [6.45, 7) is 1.37. The van der Waals surface area contributed by atoms with Crippen LogP contribution in [-0.4, -0.2) is 24.2 Å². The van der Waals surface area contributed by atoms with Gasteiger partial charge in [0, 0.05) is 11.4 Å². The average Bonchev–Trinajstić information content (AvgIpc) is 2.25. The number of halogens is 6. The number of nitrogens with one attached hydrogen (secondary N) is 2. The number of carbonyl (C=O) groups is 2. The second-order valence-corrected chi connectivity index (χ2v) is 3.99. The van der Waals surface area contributed by atoms with Crippen LogP contribution >= 0.6 is 0 Å². The van der Waals surface area contributed by atoms with E-state index in [1.165, 1.54) is 17.6 Å². The highest BCUT2D eigenvalue weighted by molar-refractivity contribution is 5.98. The van der Waals surface area contributed by atoms with Crippen LogP contribution in [0, 0.1) is 6.92 Å². The fourth-order valence-corrected chi connectivity index (χ4v) is 1.33. The van der Waals surface area contributed by atoms with Crippen molar-refractivity contribution < 1.29 is 35.9 Å². The smallest absolute Gasteiger partial charge is 0.318 e. The van der Waals surface area contributed by atoms with Crippen molar-refractivity contribution in [1.82, 2.24) is 0 Å². The summed E-state index contributed by atoms with van der Waals surface area (Å²) in [5.74, 6) is -4.55. The summed E-state index contributed by atoms with van der Waals surface area (Å²) >= 11 is 0. The van der Waals surface area contributed by atoms with Gasteiger partial charge in [0.25, 0.3) is 0 Å². The summed E-state index contributed by atoms with van der Waals surface area (Å²) in [5, 5.41) is 2.96. The number of amides is 2. The molecular formula is C11H8F6N2O2. The van der Waals surface area contributed by atoms with Gasteiger partial charge >= 0.3 is 24.2 Å². The molecule has 2 amide bonds. The predicted octanol–water partition coefficient (Wildman–Crippen LogP) is 3.00. The van der Waals surface area contributed by atoms with Crippen LogP contribution in [0.15, 0.2) is 18.2 Å². The molecule has 0 unspecified atom stereocenters. The van der Waals surface area contributed by atoms with Crippen molar-refractivity contribution in [3.63, 3.8) is 0 Å². The first-order chi connectivity index (χ1) is 9.39. The van der Waals surface area contributed by atoms with E-state index >= 15 is 0 Å². The molecule has 0 saturated heterocycles. The van der Waals surface area contributed by atoms with Crippen LogP contribution in [0.3, 0.4) is 0 Å². The van der Waals surface area contributed by atoms with Crippen LogP contribution in [0.25, 0.3) is 0 Å². The Morgan fingerprint density at radius 1 is 0.810 bits per heavy atom. The first-order valence-electron chi connectivity index (χ1n) is 5.27. The number of rotatable bonds is 2. The Morgan fingerprint density at radius 2 is 1.14 bits per heavy atom. The number of alkyl halides is 6. The second kappa shape index (κ2) is 5.62. The molecule has 10 heteroatoms. The molecule has 21 heavy (non-hydrogen) atoms. The molecule has 116 valence electrons. The molecule has 4 nitrogen and oxygen atoms in total. The molecule has 1 rings (SSSR count). The summed E-state index contributed by atoms with van der Waals surface area (Å²) in [7, 11) is 0. The first kappa shape index (κ1) is 16.8. The van der Waals surface area contributed by atoms with Crippen molar-refractivity contribution in [2.45, 2.75) is 19.3 Å². The van der Waals surface area contributed by atoms with Crippen molar-refractivity contribution in [2.75, 3.05) is 10.6 Å². The molecule has 0 heterocycles. The summed E-state index contributed by atoms with van der Waals surface area (Å²) in [6, 6.07) is 2.99. The van der Waals surface area contributed by atoms with E-state index in [0.717, 1.165) is 18.2 Å². The van der Waals surface area contributed by atoms with Crippen molar-refractivity contribution in [3.8, 4) is 0 Å². The Kier molecular flexibility index (Phi) is 4.49. The van der Waals surface area contributed by atoms with Gasteiger partial charge in [0.05, 0.1) is 0 Å². The van der Waals surface area contributed by atoms with Gasteiger partial charge in [-0.05, 0) is 30.7 Å². The van der Waals surface area contributed by atoms with Crippen LogP contribution in [0.2, 0.25) is 0 Å². The van der Waals surface area contributed by atoms with Gasteiger partial charge in [-0.3, -0.25) is 9.59 Å². The second-order valence-electron chi connectivity index (χ2n) is 3.99. The van der Waals surface area contributed by atoms with Gasteiger partial charge < -0.3 is 10.6 Å². The number of hydrogen-bond donors (Lipinski definition) is 2.